The summed E-state index contributed by atoms with van der Waals surface area (Å²) >= 11 is 1.09. The first-order valence-corrected chi connectivity index (χ1v) is 9.12. The van der Waals surface area contributed by atoms with Crippen molar-refractivity contribution in [1.29, 1.82) is 0 Å². The van der Waals surface area contributed by atoms with E-state index in [1.807, 2.05) is 24.3 Å². The van der Waals surface area contributed by atoms with Crippen LogP contribution in [0.25, 0.3) is 0 Å². The van der Waals surface area contributed by atoms with Gasteiger partial charge in [0.25, 0.3) is 0 Å². The number of nitrogens with zero attached hydrogens (tertiary/aromatic N) is 1. The van der Waals surface area contributed by atoms with Gasteiger partial charge in [-0.15, -0.1) is 0 Å². The number of benzene rings is 1. The Morgan fingerprint density at radius 2 is 2.04 bits per heavy atom. The fourth-order valence-electron chi connectivity index (χ4n) is 2.10. The van der Waals surface area contributed by atoms with E-state index < -0.39 is 5.97 Å². The monoisotopic (exact) mass is 374 g/mol. The van der Waals surface area contributed by atoms with E-state index >= 15 is 0 Å². The number of aromatic nitrogens is 1. The summed E-state index contributed by atoms with van der Waals surface area (Å²) in [6, 6.07) is 7.78. The van der Waals surface area contributed by atoms with Crippen LogP contribution in [0.15, 0.2) is 36.9 Å². The molecule has 1 aromatic carbocycles. The fourth-order valence-corrected chi connectivity index (χ4v) is 2.98. The van der Waals surface area contributed by atoms with Crippen molar-refractivity contribution in [3.05, 3.63) is 53.1 Å². The summed E-state index contributed by atoms with van der Waals surface area (Å²) in [6.45, 7) is 7.67. The zero-order chi connectivity index (χ0) is 18.9. The number of ether oxygens (including phenoxy) is 2. The Balaban J connectivity index is 1.81. The lowest BCUT2D eigenvalue weighted by molar-refractivity contribution is -0.116. The highest BCUT2D eigenvalue weighted by atomic mass is 32.1. The van der Waals surface area contributed by atoms with Crippen molar-refractivity contribution in [1.82, 2.24) is 4.98 Å². The predicted octanol–water partition coefficient (Wildman–Crippen LogP) is 3.76. The number of hydrogen-bond acceptors (Lipinski definition) is 6. The molecular weight excluding hydrogens is 352 g/mol. The van der Waals surface area contributed by atoms with Crippen molar-refractivity contribution in [2.75, 3.05) is 18.5 Å². The van der Waals surface area contributed by atoms with Crippen molar-refractivity contribution in [3.8, 4) is 5.75 Å². The molecule has 1 heterocycles. The molecule has 0 unspecified atom stereocenters. The van der Waals surface area contributed by atoms with Gasteiger partial charge in [-0.1, -0.05) is 43.0 Å². The first kappa shape index (κ1) is 19.7. The van der Waals surface area contributed by atoms with Gasteiger partial charge in [-0.3, -0.25) is 4.79 Å². The smallest absolute Gasteiger partial charge is 0.350 e. The molecule has 1 N–H and O–H groups in total. The number of carbonyl (C=O) groups is 2. The van der Waals surface area contributed by atoms with E-state index in [0.717, 1.165) is 23.5 Å². The average Bonchev–Trinajstić information content (AvgIpc) is 3.00. The molecule has 138 valence electrons. The molecule has 0 saturated carbocycles. The Bertz CT molecular complexity index is 768. The Morgan fingerprint density at radius 1 is 1.31 bits per heavy atom. The van der Waals surface area contributed by atoms with Crippen LogP contribution in [0.5, 0.6) is 5.75 Å². The molecule has 0 saturated heterocycles. The third-order valence-electron chi connectivity index (χ3n) is 3.49. The molecule has 0 aliphatic rings. The van der Waals surface area contributed by atoms with Crippen molar-refractivity contribution in [2.45, 2.75) is 26.7 Å². The molecule has 7 heteroatoms. The first-order valence-electron chi connectivity index (χ1n) is 8.30. The van der Waals surface area contributed by atoms with Crippen LogP contribution in [-0.4, -0.2) is 30.1 Å². The van der Waals surface area contributed by atoms with Gasteiger partial charge in [-0.25, -0.2) is 9.78 Å². The molecule has 0 aliphatic carbocycles. The minimum Gasteiger partial charge on any atom is -0.493 e. The van der Waals surface area contributed by atoms with E-state index in [1.165, 1.54) is 11.6 Å². The van der Waals surface area contributed by atoms with Gasteiger partial charge in [-0.2, -0.15) is 0 Å². The molecular formula is C19H22N2O4S. The molecule has 0 spiro atoms. The van der Waals surface area contributed by atoms with Gasteiger partial charge in [0, 0.05) is 0 Å². The maximum Gasteiger partial charge on any atom is 0.350 e. The highest BCUT2D eigenvalue weighted by Gasteiger charge is 2.17. The Kier molecular flexibility index (Phi) is 7.35. The van der Waals surface area contributed by atoms with E-state index in [4.69, 9.17) is 9.47 Å². The van der Waals surface area contributed by atoms with E-state index in [9.17, 15) is 9.59 Å². The number of amides is 1. The van der Waals surface area contributed by atoms with E-state index in [-0.39, 0.29) is 25.5 Å². The number of hydrogen-bond donors (Lipinski definition) is 1. The van der Waals surface area contributed by atoms with Crippen LogP contribution in [0.1, 0.15) is 34.3 Å². The summed E-state index contributed by atoms with van der Waals surface area (Å²) < 4.78 is 10.6. The van der Waals surface area contributed by atoms with Crippen molar-refractivity contribution in [3.63, 3.8) is 0 Å². The summed E-state index contributed by atoms with van der Waals surface area (Å²) in [6.07, 6.45) is 2.65. The maximum atomic E-state index is 12.0. The number of rotatable bonds is 9. The highest BCUT2D eigenvalue weighted by molar-refractivity contribution is 7.17. The Labute approximate surface area is 156 Å². The van der Waals surface area contributed by atoms with Crippen LogP contribution in [0.3, 0.4) is 0 Å². The second-order valence-corrected chi connectivity index (χ2v) is 6.46. The molecule has 0 atom stereocenters. The van der Waals surface area contributed by atoms with Crippen LogP contribution in [0, 0.1) is 6.92 Å². The predicted molar refractivity (Wildman–Crippen MR) is 102 cm³/mol. The number of esters is 1. The quantitative estimate of drug-likeness (QED) is 0.534. The molecule has 1 amide bonds. The number of thiazole rings is 1. The van der Waals surface area contributed by atoms with Crippen LogP contribution < -0.4 is 10.1 Å². The summed E-state index contributed by atoms with van der Waals surface area (Å²) in [5.41, 5.74) is 1.75. The number of aryl methyl sites for hydroxylation is 2. The fraction of sp³-hybridized carbons (Fsp3) is 0.316. The lowest BCUT2D eigenvalue weighted by atomic mass is 10.2. The van der Waals surface area contributed by atoms with Crippen molar-refractivity contribution >= 4 is 28.3 Å². The zero-order valence-electron chi connectivity index (χ0n) is 14.9. The third-order valence-corrected chi connectivity index (χ3v) is 4.54. The zero-order valence-corrected chi connectivity index (χ0v) is 15.7. The summed E-state index contributed by atoms with van der Waals surface area (Å²) in [4.78, 5) is 28.4. The maximum absolute atomic E-state index is 12.0. The Morgan fingerprint density at radius 3 is 2.69 bits per heavy atom. The van der Waals surface area contributed by atoms with Crippen molar-refractivity contribution in [2.24, 2.45) is 0 Å². The third kappa shape index (κ3) is 5.70. The first-order chi connectivity index (χ1) is 12.5. The molecule has 2 aromatic rings. The molecule has 6 nitrogen and oxygen atoms in total. The van der Waals surface area contributed by atoms with Gasteiger partial charge in [0.1, 0.15) is 17.2 Å². The molecule has 26 heavy (non-hydrogen) atoms. The molecule has 1 aromatic heterocycles. The minimum absolute atomic E-state index is 0.133. The van der Waals surface area contributed by atoms with Gasteiger partial charge in [0.15, 0.2) is 5.13 Å². The second kappa shape index (κ2) is 9.72. The highest BCUT2D eigenvalue weighted by Crippen LogP contribution is 2.23. The van der Waals surface area contributed by atoms with Crippen LogP contribution in [0.2, 0.25) is 0 Å². The molecule has 0 fully saturated rings. The lowest BCUT2D eigenvalue weighted by Gasteiger charge is -2.06. The SMILES string of the molecule is C=CCOC(=O)c1sc(NC(=O)CCOc2ccc(CC)cc2)nc1C. The largest absolute Gasteiger partial charge is 0.493 e. The molecule has 0 radical (unpaired) electrons. The molecule has 2 rings (SSSR count). The van der Waals surface area contributed by atoms with E-state index in [1.54, 1.807) is 6.92 Å². The van der Waals surface area contributed by atoms with Crippen LogP contribution in [0.4, 0.5) is 5.13 Å². The summed E-state index contributed by atoms with van der Waals surface area (Å²) in [5.74, 6) is 0.0292. The minimum atomic E-state index is -0.473. The van der Waals surface area contributed by atoms with Crippen molar-refractivity contribution < 1.29 is 19.1 Å². The second-order valence-electron chi connectivity index (χ2n) is 5.46. The number of anilines is 1. The van der Waals surface area contributed by atoms with Crippen LogP contribution in [-0.2, 0) is 16.0 Å². The molecule has 0 aliphatic heterocycles. The summed E-state index contributed by atoms with van der Waals surface area (Å²) in [7, 11) is 0. The molecule has 0 bridgehead atoms. The average molecular weight is 374 g/mol. The topological polar surface area (TPSA) is 77.5 Å². The number of carbonyl (C=O) groups excluding carboxylic acids is 2. The van der Waals surface area contributed by atoms with Gasteiger partial charge >= 0.3 is 5.97 Å². The number of nitrogens with one attached hydrogen (secondary N) is 1. The van der Waals surface area contributed by atoms with Gasteiger partial charge in [0.2, 0.25) is 5.91 Å². The van der Waals surface area contributed by atoms with Gasteiger partial charge < -0.3 is 14.8 Å². The summed E-state index contributed by atoms with van der Waals surface area (Å²) in [5, 5.41) is 3.05. The Hall–Kier alpha value is -2.67. The lowest BCUT2D eigenvalue weighted by Crippen LogP contribution is -2.15. The van der Waals surface area contributed by atoms with Gasteiger partial charge in [0.05, 0.1) is 18.7 Å². The normalized spacial score (nSPS) is 10.2. The van der Waals surface area contributed by atoms with Gasteiger partial charge in [-0.05, 0) is 31.0 Å². The standard InChI is InChI=1S/C19H22N2O4S/c1-4-11-25-18(23)17-13(3)20-19(26-17)21-16(22)10-12-24-15-8-6-14(5-2)7-9-15/h4,6-9H,1,5,10-12H2,2-3H3,(H,20,21,22). The van der Waals surface area contributed by atoms with Crippen LogP contribution >= 0.6 is 11.3 Å². The van der Waals surface area contributed by atoms with E-state index in [0.29, 0.717) is 15.7 Å². The van der Waals surface area contributed by atoms with E-state index in [2.05, 4.69) is 23.8 Å².